The molecule has 4 nitrogen and oxygen atoms in total. The standard InChI is InChI=1S/C20H25N3O/c1-19(2)15-8-6-7-9-17(15)23(5)20(19)13-24-18-11-10-14(22(3)4)12-16(18)21-20/h6-12,21H,13H2,1-5H3. The molecule has 0 saturated carbocycles. The minimum atomic E-state index is -0.297. The highest BCUT2D eigenvalue weighted by Crippen LogP contribution is 2.53. The Balaban J connectivity index is 1.82. The van der Waals surface area contributed by atoms with E-state index in [0.29, 0.717) is 6.61 Å². The first-order valence-corrected chi connectivity index (χ1v) is 8.42. The summed E-state index contributed by atoms with van der Waals surface area (Å²) < 4.78 is 6.21. The van der Waals surface area contributed by atoms with E-state index < -0.39 is 0 Å². The van der Waals surface area contributed by atoms with E-state index in [4.69, 9.17) is 4.74 Å². The summed E-state index contributed by atoms with van der Waals surface area (Å²) in [5.74, 6) is 0.923. The Morgan fingerprint density at radius 1 is 1.12 bits per heavy atom. The van der Waals surface area contributed by atoms with Gasteiger partial charge in [0, 0.05) is 37.9 Å². The van der Waals surface area contributed by atoms with E-state index in [1.807, 2.05) is 0 Å². The molecule has 1 N–H and O–H groups in total. The Morgan fingerprint density at radius 3 is 2.58 bits per heavy atom. The van der Waals surface area contributed by atoms with Gasteiger partial charge in [-0.2, -0.15) is 0 Å². The molecule has 0 aromatic heterocycles. The minimum Gasteiger partial charge on any atom is -0.487 e. The van der Waals surface area contributed by atoms with Crippen LogP contribution in [0.4, 0.5) is 17.1 Å². The van der Waals surface area contributed by atoms with E-state index in [1.54, 1.807) is 0 Å². The lowest BCUT2D eigenvalue weighted by Gasteiger charge is -2.49. The normalized spacial score (nSPS) is 23.3. The number of fused-ring (bicyclic) bond motifs is 2. The van der Waals surface area contributed by atoms with Crippen LogP contribution in [-0.4, -0.2) is 33.4 Å². The van der Waals surface area contributed by atoms with Crippen molar-refractivity contribution < 1.29 is 4.74 Å². The molecule has 1 unspecified atom stereocenters. The zero-order valence-electron chi connectivity index (χ0n) is 15.1. The van der Waals surface area contributed by atoms with E-state index >= 15 is 0 Å². The number of likely N-dealkylation sites (N-methyl/N-ethyl adjacent to an activating group) is 1. The number of anilines is 3. The second-order valence-electron chi connectivity index (χ2n) is 7.55. The summed E-state index contributed by atoms with van der Waals surface area (Å²) in [4.78, 5) is 4.45. The topological polar surface area (TPSA) is 27.7 Å². The molecule has 0 radical (unpaired) electrons. The van der Waals surface area contributed by atoms with Crippen molar-refractivity contribution in [2.24, 2.45) is 0 Å². The molecule has 126 valence electrons. The fourth-order valence-electron chi connectivity index (χ4n) is 4.12. The summed E-state index contributed by atoms with van der Waals surface area (Å²) in [5.41, 5.74) is 4.47. The van der Waals surface area contributed by atoms with E-state index in [2.05, 4.69) is 92.6 Å². The van der Waals surface area contributed by atoms with Crippen LogP contribution in [0.5, 0.6) is 5.75 Å². The lowest BCUT2D eigenvalue weighted by atomic mass is 9.75. The van der Waals surface area contributed by atoms with E-state index in [0.717, 1.165) is 17.1 Å². The maximum absolute atomic E-state index is 6.21. The molecule has 24 heavy (non-hydrogen) atoms. The van der Waals surface area contributed by atoms with Gasteiger partial charge in [-0.25, -0.2) is 0 Å². The Labute approximate surface area is 144 Å². The number of nitrogens with zero attached hydrogens (tertiary/aromatic N) is 2. The van der Waals surface area contributed by atoms with Crippen molar-refractivity contribution in [3.05, 3.63) is 48.0 Å². The first-order valence-electron chi connectivity index (χ1n) is 8.42. The molecule has 0 saturated heterocycles. The number of rotatable bonds is 1. The number of ether oxygens (including phenoxy) is 1. The molecule has 2 heterocycles. The van der Waals surface area contributed by atoms with Crippen LogP contribution in [0.2, 0.25) is 0 Å². The molecule has 2 aliphatic rings. The highest BCUT2D eigenvalue weighted by molar-refractivity contribution is 5.74. The average molecular weight is 323 g/mol. The molecule has 2 aromatic rings. The van der Waals surface area contributed by atoms with Crippen molar-refractivity contribution in [3.8, 4) is 5.75 Å². The molecule has 1 spiro atoms. The van der Waals surface area contributed by atoms with Gasteiger partial charge in [0.25, 0.3) is 0 Å². The zero-order chi connectivity index (χ0) is 17.1. The third-order valence-electron chi connectivity index (χ3n) is 5.80. The van der Waals surface area contributed by atoms with Crippen LogP contribution in [-0.2, 0) is 5.41 Å². The van der Waals surface area contributed by atoms with E-state index in [1.165, 1.54) is 11.3 Å². The maximum atomic E-state index is 6.21. The fourth-order valence-corrected chi connectivity index (χ4v) is 4.12. The monoisotopic (exact) mass is 323 g/mol. The molecule has 0 fully saturated rings. The molecule has 0 bridgehead atoms. The van der Waals surface area contributed by atoms with Crippen molar-refractivity contribution >= 4 is 17.1 Å². The molecule has 2 aromatic carbocycles. The second-order valence-corrected chi connectivity index (χ2v) is 7.55. The number of benzene rings is 2. The average Bonchev–Trinajstić information content (AvgIpc) is 2.74. The summed E-state index contributed by atoms with van der Waals surface area (Å²) in [5, 5.41) is 3.83. The van der Waals surface area contributed by atoms with Crippen molar-refractivity contribution in [1.29, 1.82) is 0 Å². The van der Waals surface area contributed by atoms with Gasteiger partial charge >= 0.3 is 0 Å². The van der Waals surface area contributed by atoms with Gasteiger partial charge in [0.05, 0.1) is 5.69 Å². The van der Waals surface area contributed by atoms with Gasteiger partial charge in [0.2, 0.25) is 0 Å². The zero-order valence-corrected chi connectivity index (χ0v) is 15.1. The number of para-hydroxylation sites is 1. The largest absolute Gasteiger partial charge is 0.487 e. The first kappa shape index (κ1) is 15.2. The SMILES string of the molecule is CN(C)c1ccc2c(c1)NC1(CO2)N(C)c2ccccc2C1(C)C. The van der Waals surface area contributed by atoms with Crippen LogP contribution in [0.1, 0.15) is 19.4 Å². The lowest BCUT2D eigenvalue weighted by molar-refractivity contribution is 0.165. The van der Waals surface area contributed by atoms with Crippen molar-refractivity contribution in [2.45, 2.75) is 24.9 Å². The minimum absolute atomic E-state index is 0.0792. The van der Waals surface area contributed by atoms with Crippen LogP contribution in [0.3, 0.4) is 0 Å². The van der Waals surface area contributed by atoms with E-state index in [9.17, 15) is 0 Å². The first-order chi connectivity index (χ1) is 11.4. The van der Waals surface area contributed by atoms with Crippen LogP contribution < -0.4 is 19.9 Å². The van der Waals surface area contributed by atoms with Gasteiger partial charge < -0.3 is 19.9 Å². The molecular weight excluding hydrogens is 298 g/mol. The maximum Gasteiger partial charge on any atom is 0.155 e. The molecule has 0 aliphatic carbocycles. The highest BCUT2D eigenvalue weighted by atomic mass is 16.5. The van der Waals surface area contributed by atoms with Crippen LogP contribution >= 0.6 is 0 Å². The molecule has 2 aliphatic heterocycles. The Kier molecular flexibility index (Phi) is 3.05. The van der Waals surface area contributed by atoms with Crippen LogP contribution in [0.25, 0.3) is 0 Å². The van der Waals surface area contributed by atoms with Crippen molar-refractivity contribution in [3.63, 3.8) is 0 Å². The van der Waals surface area contributed by atoms with Gasteiger partial charge in [-0.15, -0.1) is 0 Å². The van der Waals surface area contributed by atoms with Gasteiger partial charge in [-0.05, 0) is 29.8 Å². The highest BCUT2D eigenvalue weighted by Gasteiger charge is 2.57. The number of hydrogen-bond donors (Lipinski definition) is 1. The summed E-state index contributed by atoms with van der Waals surface area (Å²) in [6.45, 7) is 5.21. The molecular formula is C20H25N3O. The van der Waals surface area contributed by atoms with Crippen molar-refractivity contribution in [1.82, 2.24) is 0 Å². The molecule has 0 amide bonds. The van der Waals surface area contributed by atoms with Gasteiger partial charge in [0.1, 0.15) is 12.4 Å². The molecule has 4 rings (SSSR count). The quantitative estimate of drug-likeness (QED) is 0.866. The van der Waals surface area contributed by atoms with Crippen LogP contribution in [0.15, 0.2) is 42.5 Å². The van der Waals surface area contributed by atoms with Gasteiger partial charge in [-0.1, -0.05) is 32.0 Å². The number of hydrogen-bond acceptors (Lipinski definition) is 4. The lowest BCUT2D eigenvalue weighted by Crippen LogP contribution is -2.65. The predicted octanol–water partition coefficient (Wildman–Crippen LogP) is 3.68. The van der Waals surface area contributed by atoms with E-state index in [-0.39, 0.29) is 11.1 Å². The summed E-state index contributed by atoms with van der Waals surface area (Å²) in [7, 11) is 6.27. The predicted molar refractivity (Wildman–Crippen MR) is 100 cm³/mol. The Hall–Kier alpha value is -2.36. The third-order valence-corrected chi connectivity index (χ3v) is 5.80. The van der Waals surface area contributed by atoms with Gasteiger partial charge in [0.15, 0.2) is 5.66 Å². The Morgan fingerprint density at radius 2 is 1.88 bits per heavy atom. The summed E-state index contributed by atoms with van der Waals surface area (Å²) in [6, 6.07) is 15.0. The third kappa shape index (κ3) is 1.80. The molecule has 1 atom stereocenters. The van der Waals surface area contributed by atoms with Gasteiger partial charge in [-0.3, -0.25) is 0 Å². The second kappa shape index (κ2) is 4.82. The fraction of sp³-hybridized carbons (Fsp3) is 0.400. The van der Waals surface area contributed by atoms with Crippen LogP contribution in [0, 0.1) is 0 Å². The molecule has 4 heteroatoms. The number of nitrogens with one attached hydrogen (secondary N) is 1. The summed E-state index contributed by atoms with van der Waals surface area (Å²) >= 11 is 0. The summed E-state index contributed by atoms with van der Waals surface area (Å²) in [6.07, 6.45) is 0. The Bertz CT molecular complexity index is 799. The smallest absolute Gasteiger partial charge is 0.155 e. The van der Waals surface area contributed by atoms with Crippen molar-refractivity contribution in [2.75, 3.05) is 42.9 Å².